The van der Waals surface area contributed by atoms with Crippen LogP contribution >= 0.6 is 34.4 Å². The van der Waals surface area contributed by atoms with Gasteiger partial charge in [0.05, 0.1) is 10.2 Å². The molecule has 0 unspecified atom stereocenters. The molecule has 2 N–H and O–H groups in total. The number of benzene rings is 4. The molecule has 40 heavy (non-hydrogen) atoms. The zero-order valence-electron chi connectivity index (χ0n) is 21.0. The van der Waals surface area contributed by atoms with Crippen LogP contribution in [-0.2, 0) is 15.2 Å². The van der Waals surface area contributed by atoms with Gasteiger partial charge in [-0.15, -0.1) is 22.7 Å². The summed E-state index contributed by atoms with van der Waals surface area (Å²) >= 11 is 3.69. The number of aromatic nitrogens is 2. The van der Waals surface area contributed by atoms with Crippen molar-refractivity contribution in [3.05, 3.63) is 143 Å². The van der Waals surface area contributed by atoms with Crippen LogP contribution in [0.25, 0.3) is 10.2 Å². The standard InChI is InChI=1S/C31H22N4O2S3/c32-29-33-25(20-38-29)27(28(36)40-30-34-24-18-10-11-19-26(24)39-30)35-37-31(21-12-4-1-5-13-21,22-14-6-2-7-15-22)23-16-8-3-9-17-23/h1-20H,(H2,32,33). The minimum Gasteiger partial charge on any atom is -0.375 e. The van der Waals surface area contributed by atoms with E-state index in [2.05, 4.69) is 15.1 Å². The molecule has 9 heteroatoms. The largest absolute Gasteiger partial charge is 0.375 e. The van der Waals surface area contributed by atoms with Crippen molar-refractivity contribution in [1.29, 1.82) is 0 Å². The minimum absolute atomic E-state index is 0.0596. The summed E-state index contributed by atoms with van der Waals surface area (Å²) < 4.78 is 1.62. The highest BCUT2D eigenvalue weighted by molar-refractivity contribution is 8.16. The molecule has 0 aliphatic carbocycles. The summed E-state index contributed by atoms with van der Waals surface area (Å²) in [6.07, 6.45) is 0. The van der Waals surface area contributed by atoms with Crippen molar-refractivity contribution >= 4 is 60.6 Å². The second kappa shape index (κ2) is 11.4. The highest BCUT2D eigenvalue weighted by atomic mass is 32.2. The Labute approximate surface area is 243 Å². The number of nitrogens with two attached hydrogens (primary N) is 1. The lowest BCUT2D eigenvalue weighted by Crippen LogP contribution is -2.32. The van der Waals surface area contributed by atoms with Crippen LogP contribution in [0.15, 0.2) is 130 Å². The van der Waals surface area contributed by atoms with Gasteiger partial charge in [0.25, 0.3) is 0 Å². The third-order valence-corrected chi connectivity index (χ3v) is 8.88. The van der Waals surface area contributed by atoms with E-state index >= 15 is 0 Å². The number of oxime groups is 1. The Balaban J connectivity index is 1.48. The van der Waals surface area contributed by atoms with E-state index in [1.165, 1.54) is 22.7 Å². The molecule has 6 aromatic rings. The van der Waals surface area contributed by atoms with Crippen LogP contribution in [0.5, 0.6) is 0 Å². The van der Waals surface area contributed by atoms with Gasteiger partial charge in [-0.2, -0.15) is 0 Å². The third-order valence-electron chi connectivity index (χ3n) is 6.23. The van der Waals surface area contributed by atoms with Gasteiger partial charge in [-0.3, -0.25) is 4.79 Å². The molecule has 6 nitrogen and oxygen atoms in total. The predicted octanol–water partition coefficient (Wildman–Crippen LogP) is 7.37. The molecule has 0 radical (unpaired) electrons. The van der Waals surface area contributed by atoms with Gasteiger partial charge in [-0.1, -0.05) is 108 Å². The van der Waals surface area contributed by atoms with E-state index < -0.39 is 5.60 Å². The minimum atomic E-state index is -1.14. The number of anilines is 1. The fraction of sp³-hybridized carbons (Fsp3) is 0.0323. The first kappa shape index (κ1) is 25.9. The van der Waals surface area contributed by atoms with Crippen molar-refractivity contribution in [2.24, 2.45) is 5.16 Å². The van der Waals surface area contributed by atoms with Crippen LogP contribution < -0.4 is 5.73 Å². The number of hydrogen-bond acceptors (Lipinski definition) is 9. The number of carbonyl (C=O) groups is 1. The van der Waals surface area contributed by atoms with E-state index in [0.717, 1.165) is 38.7 Å². The monoisotopic (exact) mass is 578 g/mol. The Morgan fingerprint density at radius 3 is 1.85 bits per heavy atom. The fourth-order valence-corrected chi connectivity index (χ4v) is 6.85. The highest BCUT2D eigenvalue weighted by Crippen LogP contribution is 2.41. The van der Waals surface area contributed by atoms with Gasteiger partial charge in [0.2, 0.25) is 10.7 Å². The maximum Gasteiger partial charge on any atom is 0.250 e. The summed E-state index contributed by atoms with van der Waals surface area (Å²) in [6, 6.07) is 37.3. The third kappa shape index (κ3) is 5.14. The topological polar surface area (TPSA) is 90.5 Å². The predicted molar refractivity (Wildman–Crippen MR) is 164 cm³/mol. The smallest absolute Gasteiger partial charge is 0.250 e. The molecule has 0 bridgehead atoms. The van der Waals surface area contributed by atoms with Crippen LogP contribution in [0.2, 0.25) is 0 Å². The summed E-state index contributed by atoms with van der Waals surface area (Å²) in [4.78, 5) is 29.3. The van der Waals surface area contributed by atoms with E-state index in [9.17, 15) is 4.79 Å². The number of nitrogen functional groups attached to an aromatic ring is 1. The molecule has 0 saturated heterocycles. The molecule has 0 saturated carbocycles. The van der Waals surface area contributed by atoms with Gasteiger partial charge in [-0.25, -0.2) is 9.97 Å². The van der Waals surface area contributed by atoms with Gasteiger partial charge >= 0.3 is 0 Å². The lowest BCUT2D eigenvalue weighted by atomic mass is 9.80. The second-order valence-corrected chi connectivity index (χ2v) is 11.9. The van der Waals surface area contributed by atoms with Crippen LogP contribution in [-0.4, -0.2) is 20.8 Å². The van der Waals surface area contributed by atoms with E-state index in [-0.39, 0.29) is 10.8 Å². The molecule has 2 heterocycles. The normalized spacial score (nSPS) is 11.9. The SMILES string of the molecule is Nc1nc(C(=NOC(c2ccccc2)(c2ccccc2)c2ccccc2)C(=O)Sc2nc3ccccc3s2)cs1. The Kier molecular flexibility index (Phi) is 7.41. The Morgan fingerprint density at radius 1 is 0.775 bits per heavy atom. The molecule has 0 amide bonds. The van der Waals surface area contributed by atoms with Crippen LogP contribution in [0, 0.1) is 0 Å². The quantitative estimate of drug-likeness (QED) is 0.0878. The number of fused-ring (bicyclic) bond motifs is 1. The van der Waals surface area contributed by atoms with Gasteiger partial charge in [0, 0.05) is 22.1 Å². The van der Waals surface area contributed by atoms with Crippen LogP contribution in [0.1, 0.15) is 22.4 Å². The molecule has 0 spiro atoms. The Morgan fingerprint density at radius 2 is 1.32 bits per heavy atom. The summed E-state index contributed by atoms with van der Waals surface area (Å²) in [5.74, 6) is 0. The Hall–Kier alpha value is -4.31. The lowest BCUT2D eigenvalue weighted by Gasteiger charge is -2.33. The average Bonchev–Trinajstić information content (AvgIpc) is 3.62. The van der Waals surface area contributed by atoms with Crippen molar-refractivity contribution in [3.63, 3.8) is 0 Å². The van der Waals surface area contributed by atoms with Crippen LogP contribution in [0.4, 0.5) is 5.13 Å². The summed E-state index contributed by atoms with van der Waals surface area (Å²) in [5.41, 5.74) is 8.65. The summed E-state index contributed by atoms with van der Waals surface area (Å²) in [6.45, 7) is 0. The number of carbonyl (C=O) groups excluding carboxylic acids is 1. The van der Waals surface area contributed by atoms with E-state index in [0.29, 0.717) is 15.2 Å². The van der Waals surface area contributed by atoms with Crippen LogP contribution in [0.3, 0.4) is 0 Å². The number of rotatable bonds is 8. The van der Waals surface area contributed by atoms with E-state index in [1.54, 1.807) is 5.38 Å². The second-order valence-electron chi connectivity index (χ2n) is 8.72. The Bertz CT molecular complexity index is 1660. The van der Waals surface area contributed by atoms with Gasteiger partial charge in [0.1, 0.15) is 5.69 Å². The average molecular weight is 579 g/mol. The molecule has 0 fully saturated rings. The van der Waals surface area contributed by atoms with Crippen molar-refractivity contribution < 1.29 is 9.63 Å². The number of thiazole rings is 2. The highest BCUT2D eigenvalue weighted by Gasteiger charge is 2.40. The zero-order valence-corrected chi connectivity index (χ0v) is 23.5. The molecule has 2 aromatic heterocycles. The molecular formula is C31H22N4O2S3. The van der Waals surface area contributed by atoms with E-state index in [1.807, 2.05) is 115 Å². The van der Waals surface area contributed by atoms with Gasteiger partial charge < -0.3 is 10.6 Å². The van der Waals surface area contributed by atoms with Gasteiger partial charge in [-0.05, 0) is 23.9 Å². The maximum absolute atomic E-state index is 13.8. The molecule has 0 atom stereocenters. The molecule has 0 aliphatic rings. The van der Waals surface area contributed by atoms with Crippen molar-refractivity contribution in [1.82, 2.24) is 9.97 Å². The molecule has 196 valence electrons. The molecule has 6 rings (SSSR count). The van der Waals surface area contributed by atoms with Crippen molar-refractivity contribution in [3.8, 4) is 0 Å². The molecular weight excluding hydrogens is 557 g/mol. The molecule has 0 aliphatic heterocycles. The number of hydrogen-bond donors (Lipinski definition) is 1. The first-order chi connectivity index (χ1) is 19.6. The first-order valence-electron chi connectivity index (χ1n) is 12.4. The lowest BCUT2D eigenvalue weighted by molar-refractivity contribution is -0.105. The summed E-state index contributed by atoms with van der Waals surface area (Å²) in [7, 11) is 0. The number of para-hydroxylation sites is 1. The summed E-state index contributed by atoms with van der Waals surface area (Å²) in [5, 5.41) is 6.28. The molecule has 4 aromatic carbocycles. The number of thioether (sulfide) groups is 1. The van der Waals surface area contributed by atoms with Crippen molar-refractivity contribution in [2.75, 3.05) is 5.73 Å². The fourth-order valence-electron chi connectivity index (χ4n) is 4.40. The zero-order chi connectivity index (χ0) is 27.4. The van der Waals surface area contributed by atoms with E-state index in [4.69, 9.17) is 10.6 Å². The first-order valence-corrected chi connectivity index (χ1v) is 14.9. The number of nitrogens with zero attached hydrogens (tertiary/aromatic N) is 3. The van der Waals surface area contributed by atoms with Crippen molar-refractivity contribution in [2.45, 2.75) is 9.94 Å². The van der Waals surface area contributed by atoms with Gasteiger partial charge in [0.15, 0.2) is 15.2 Å². The maximum atomic E-state index is 13.8.